The number of rotatable bonds is 5. The van der Waals surface area contributed by atoms with Gasteiger partial charge in [0.05, 0.1) is 11.2 Å². The molecule has 0 aliphatic rings. The first-order valence-corrected chi connectivity index (χ1v) is 4.98. The second-order valence-electron chi connectivity index (χ2n) is 4.45. The van der Waals surface area contributed by atoms with Crippen LogP contribution in [0.1, 0.15) is 40.5 Å². The van der Waals surface area contributed by atoms with E-state index in [9.17, 15) is 0 Å². The van der Waals surface area contributed by atoms with E-state index in [1.165, 1.54) is 0 Å². The molecule has 0 spiro atoms. The zero-order valence-electron chi connectivity index (χ0n) is 9.86. The lowest BCUT2D eigenvalue weighted by Gasteiger charge is -2.26. The zero-order valence-corrected chi connectivity index (χ0v) is 10.6. The van der Waals surface area contributed by atoms with Crippen molar-refractivity contribution >= 4 is 17.0 Å². The Morgan fingerprint density at radius 3 is 1.38 bits per heavy atom. The Morgan fingerprint density at radius 2 is 1.25 bits per heavy atom. The third kappa shape index (κ3) is 13.6. The Hall–Kier alpha value is -0.400. The maximum atomic E-state index is 8.77. The van der Waals surface area contributed by atoms with E-state index in [2.05, 4.69) is 21.4 Å². The average molecular weight is 259 g/mol. The van der Waals surface area contributed by atoms with E-state index in [4.69, 9.17) is 20.4 Å². The topological polar surface area (TPSA) is 96.2 Å². The van der Waals surface area contributed by atoms with Crippen LogP contribution in [0.15, 0.2) is 0 Å². The summed E-state index contributed by atoms with van der Waals surface area (Å²) >= 11 is 4.19. The molecule has 0 fully saturated rings. The van der Waals surface area contributed by atoms with E-state index < -0.39 is 16.6 Å². The van der Waals surface area contributed by atoms with Gasteiger partial charge in [-0.3, -0.25) is 10.5 Å². The monoisotopic (exact) mass is 258 g/mol. The summed E-state index contributed by atoms with van der Waals surface area (Å²) in [5.41, 5.74) is -2.54. The highest BCUT2D eigenvalue weighted by atomic mass is 35.5. The number of hydrogen-bond acceptors (Lipinski definition) is 5. The van der Waals surface area contributed by atoms with Crippen molar-refractivity contribution < 1.29 is 30.2 Å². The van der Waals surface area contributed by atoms with Crippen LogP contribution in [-0.4, -0.2) is 32.3 Å². The lowest BCUT2D eigenvalue weighted by atomic mass is 9.94. The molecule has 6 nitrogen and oxygen atoms in total. The van der Waals surface area contributed by atoms with Crippen LogP contribution in [0.2, 0.25) is 0 Å². The molecule has 0 aliphatic carbocycles. The quantitative estimate of drug-likeness (QED) is 0.398. The Kier molecular flexibility index (Phi) is 8.77. The lowest BCUT2D eigenvalue weighted by molar-refractivity contribution is -0.331. The highest BCUT2D eigenvalue weighted by Gasteiger charge is 2.25. The molecule has 0 unspecified atom stereocenters. The van der Waals surface area contributed by atoms with Gasteiger partial charge in [-0.05, 0) is 40.5 Å². The van der Waals surface area contributed by atoms with Crippen molar-refractivity contribution in [2.75, 3.05) is 0 Å². The minimum Gasteiger partial charge on any atom is -0.469 e. The van der Waals surface area contributed by atoms with Crippen molar-refractivity contribution in [2.45, 2.75) is 51.7 Å². The van der Waals surface area contributed by atoms with Crippen molar-refractivity contribution in [3.05, 3.63) is 0 Å². The molecule has 0 amide bonds. The number of halogens is 1. The molecular formula is C9H19ClO6. The third-order valence-corrected chi connectivity index (χ3v) is 1.82. The summed E-state index contributed by atoms with van der Waals surface area (Å²) in [6.07, 6.45) is 1.22. The maximum absolute atomic E-state index is 8.77. The van der Waals surface area contributed by atoms with E-state index in [0.717, 1.165) is 0 Å². The fourth-order valence-corrected chi connectivity index (χ4v) is 0.693. The molecule has 7 heteroatoms. The Morgan fingerprint density at radius 1 is 1.06 bits per heavy atom. The SMILES string of the molecule is CC(C)(CCC(C)(C)OO)OO.O=C(O)Cl. The van der Waals surface area contributed by atoms with Gasteiger partial charge in [0.25, 0.3) is 0 Å². The van der Waals surface area contributed by atoms with Crippen molar-refractivity contribution in [1.82, 2.24) is 0 Å². The van der Waals surface area contributed by atoms with Gasteiger partial charge in [0.1, 0.15) is 0 Å². The Bertz CT molecular complexity index is 184. The van der Waals surface area contributed by atoms with Gasteiger partial charge in [-0.15, -0.1) is 0 Å². The van der Waals surface area contributed by atoms with E-state index in [0.29, 0.717) is 12.8 Å². The minimum atomic E-state index is -1.36. The van der Waals surface area contributed by atoms with Gasteiger partial charge in [-0.1, -0.05) is 0 Å². The number of hydrogen-bond donors (Lipinski definition) is 3. The molecule has 0 aromatic heterocycles. The molecule has 0 bridgehead atoms. The van der Waals surface area contributed by atoms with Crippen LogP contribution in [-0.2, 0) is 9.78 Å². The Balaban J connectivity index is 0. The molecular weight excluding hydrogens is 240 g/mol. The number of carbonyl (C=O) groups is 1. The summed E-state index contributed by atoms with van der Waals surface area (Å²) < 4.78 is 0. The van der Waals surface area contributed by atoms with E-state index >= 15 is 0 Å². The molecule has 0 atom stereocenters. The van der Waals surface area contributed by atoms with Crippen LogP contribution >= 0.6 is 11.6 Å². The summed E-state index contributed by atoms with van der Waals surface area (Å²) in [4.78, 5) is 17.2. The molecule has 0 aliphatic heterocycles. The molecule has 16 heavy (non-hydrogen) atoms. The average Bonchev–Trinajstić information content (AvgIpc) is 2.15. The summed E-state index contributed by atoms with van der Waals surface area (Å²) in [5.74, 6) is 0. The highest BCUT2D eigenvalue weighted by molar-refractivity contribution is 6.60. The number of carboxylic acid groups (broad SMARTS) is 1. The third-order valence-electron chi connectivity index (χ3n) is 1.82. The largest absolute Gasteiger partial charge is 0.469 e. The van der Waals surface area contributed by atoms with Crippen LogP contribution in [0.3, 0.4) is 0 Å². The first-order chi connectivity index (χ1) is 7.06. The smallest absolute Gasteiger partial charge is 0.401 e. The van der Waals surface area contributed by atoms with E-state index in [1.54, 1.807) is 27.7 Å². The summed E-state index contributed by atoms with van der Waals surface area (Å²) in [5, 5.41) is 24.1. The molecule has 0 radical (unpaired) electrons. The fourth-order valence-electron chi connectivity index (χ4n) is 0.693. The second kappa shape index (κ2) is 7.81. The predicted molar refractivity (Wildman–Crippen MR) is 58.7 cm³/mol. The van der Waals surface area contributed by atoms with E-state index in [-0.39, 0.29) is 0 Å². The molecule has 0 saturated heterocycles. The van der Waals surface area contributed by atoms with Crippen LogP contribution in [0.5, 0.6) is 0 Å². The molecule has 0 saturated carbocycles. The first kappa shape index (κ1) is 18.0. The van der Waals surface area contributed by atoms with Crippen molar-refractivity contribution in [2.24, 2.45) is 0 Å². The molecule has 0 rings (SSSR count). The van der Waals surface area contributed by atoms with Crippen molar-refractivity contribution in [3.63, 3.8) is 0 Å². The van der Waals surface area contributed by atoms with Gasteiger partial charge in [0.15, 0.2) is 0 Å². The van der Waals surface area contributed by atoms with Crippen molar-refractivity contribution in [3.8, 4) is 0 Å². The van der Waals surface area contributed by atoms with Gasteiger partial charge in [-0.2, -0.15) is 0 Å². The normalized spacial score (nSPS) is 11.7. The highest BCUT2D eigenvalue weighted by Crippen LogP contribution is 2.23. The van der Waals surface area contributed by atoms with Crippen LogP contribution in [0.4, 0.5) is 4.79 Å². The molecule has 0 aromatic rings. The van der Waals surface area contributed by atoms with Gasteiger partial charge in [-0.25, -0.2) is 14.6 Å². The maximum Gasteiger partial charge on any atom is 0.401 e. The molecule has 98 valence electrons. The Labute approximate surface area is 99.6 Å². The summed E-state index contributed by atoms with van der Waals surface area (Å²) in [6, 6.07) is 0. The first-order valence-electron chi connectivity index (χ1n) is 4.60. The standard InChI is InChI=1S/C8H18O4.CHClO2/c1-7(2,11-9)5-6-8(3,4)12-10;2-1(3)4/h9-10H,5-6H2,1-4H3;(H,3,4). The zero-order chi connectivity index (χ0) is 13.4. The van der Waals surface area contributed by atoms with Crippen LogP contribution in [0, 0.1) is 0 Å². The molecule has 0 aromatic carbocycles. The van der Waals surface area contributed by atoms with Gasteiger partial charge in [0.2, 0.25) is 0 Å². The van der Waals surface area contributed by atoms with E-state index in [1.807, 2.05) is 0 Å². The molecule has 3 N–H and O–H groups in total. The summed E-state index contributed by atoms with van der Waals surface area (Å²) in [7, 11) is 0. The van der Waals surface area contributed by atoms with Gasteiger partial charge >= 0.3 is 5.43 Å². The molecule has 0 heterocycles. The minimum absolute atomic E-state index is 0.587. The van der Waals surface area contributed by atoms with Crippen LogP contribution in [0.25, 0.3) is 0 Å². The second-order valence-corrected chi connectivity index (χ2v) is 4.78. The lowest BCUT2D eigenvalue weighted by Crippen LogP contribution is -2.30. The van der Waals surface area contributed by atoms with Crippen molar-refractivity contribution in [1.29, 1.82) is 0 Å². The van der Waals surface area contributed by atoms with Crippen LogP contribution < -0.4 is 0 Å². The summed E-state index contributed by atoms with van der Waals surface area (Å²) in [6.45, 7) is 7.06. The fraction of sp³-hybridized carbons (Fsp3) is 0.889. The van der Waals surface area contributed by atoms with Gasteiger partial charge < -0.3 is 5.11 Å². The van der Waals surface area contributed by atoms with Gasteiger partial charge in [0, 0.05) is 11.6 Å². The predicted octanol–water partition coefficient (Wildman–Crippen LogP) is 3.21.